The summed E-state index contributed by atoms with van der Waals surface area (Å²) in [6.07, 6.45) is 3.12. The highest BCUT2D eigenvalue weighted by Crippen LogP contribution is 2.55. The van der Waals surface area contributed by atoms with E-state index in [-0.39, 0.29) is 32.3 Å². The maximum atomic E-state index is 11.3. The van der Waals surface area contributed by atoms with Crippen molar-refractivity contribution in [3.8, 4) is 11.5 Å². The number of rotatable bonds is 13. The fourth-order valence-electron chi connectivity index (χ4n) is 5.80. The molecule has 0 spiro atoms. The lowest BCUT2D eigenvalue weighted by Crippen LogP contribution is -2.27. The van der Waals surface area contributed by atoms with Crippen LogP contribution < -0.4 is 9.47 Å². The zero-order valence-corrected chi connectivity index (χ0v) is 23.9. The van der Waals surface area contributed by atoms with Gasteiger partial charge in [-0.15, -0.1) is 0 Å². The Balaban J connectivity index is 1.46. The first-order chi connectivity index (χ1) is 21.0. The number of benzene rings is 4. The van der Waals surface area contributed by atoms with E-state index in [0.717, 1.165) is 29.7 Å². The molecule has 6 heteroatoms. The number of hydrogen-bond acceptors (Lipinski definition) is 6. The van der Waals surface area contributed by atoms with Crippen LogP contribution >= 0.6 is 0 Å². The quantitative estimate of drug-likeness (QED) is 0.0997. The highest BCUT2D eigenvalue weighted by atomic mass is 16.6. The zero-order chi connectivity index (χ0) is 30.1. The second-order valence-electron chi connectivity index (χ2n) is 10.1. The molecule has 218 valence electrons. The average Bonchev–Trinajstić information content (AvgIpc) is 3.42. The lowest BCUT2D eigenvalue weighted by atomic mass is 9.69. The van der Waals surface area contributed by atoms with Gasteiger partial charge in [0.2, 0.25) is 0 Å². The van der Waals surface area contributed by atoms with Crippen LogP contribution in [0.2, 0.25) is 0 Å². The van der Waals surface area contributed by atoms with Gasteiger partial charge in [-0.1, -0.05) is 92.0 Å². The van der Waals surface area contributed by atoms with Crippen molar-refractivity contribution in [3.63, 3.8) is 0 Å². The molecule has 1 aliphatic rings. The van der Waals surface area contributed by atoms with Gasteiger partial charge in [-0.25, -0.2) is 9.59 Å². The molecule has 0 aromatic heterocycles. The highest BCUT2D eigenvalue weighted by Gasteiger charge is 2.46. The van der Waals surface area contributed by atoms with Crippen LogP contribution in [-0.4, -0.2) is 38.4 Å². The first kappa shape index (κ1) is 29.4. The van der Waals surface area contributed by atoms with E-state index in [0.29, 0.717) is 11.5 Å². The van der Waals surface area contributed by atoms with Crippen LogP contribution in [0.25, 0.3) is 0 Å². The summed E-state index contributed by atoms with van der Waals surface area (Å²) < 4.78 is 21.7. The van der Waals surface area contributed by atoms with Crippen molar-refractivity contribution in [2.24, 2.45) is 0 Å². The minimum absolute atomic E-state index is 0.147. The second-order valence-corrected chi connectivity index (χ2v) is 10.1. The predicted molar refractivity (Wildman–Crippen MR) is 165 cm³/mol. The van der Waals surface area contributed by atoms with Gasteiger partial charge in [0.05, 0.1) is 0 Å². The number of fused-ring (bicyclic) bond motifs is 1. The Hall–Kier alpha value is -5.10. The Kier molecular flexibility index (Phi) is 9.37. The third kappa shape index (κ3) is 6.54. The van der Waals surface area contributed by atoms with Gasteiger partial charge in [-0.2, -0.15) is 0 Å². The first-order valence-electron chi connectivity index (χ1n) is 14.2. The van der Waals surface area contributed by atoms with Crippen molar-refractivity contribution >= 4 is 11.9 Å². The Morgan fingerprint density at radius 1 is 0.651 bits per heavy atom. The third-order valence-corrected chi connectivity index (χ3v) is 7.73. The SMILES string of the molecule is C=CC(=O)OCCOc1ccc(C2(c3ccc(OCCOC(=O)C=C)cc3)CC(c3ccccc3)c3ccccc32)cc1. The molecule has 0 radical (unpaired) electrons. The summed E-state index contributed by atoms with van der Waals surface area (Å²) >= 11 is 0. The Morgan fingerprint density at radius 2 is 1.14 bits per heavy atom. The maximum absolute atomic E-state index is 11.3. The maximum Gasteiger partial charge on any atom is 0.330 e. The molecular weight excluding hydrogens is 540 g/mol. The molecule has 5 rings (SSSR count). The third-order valence-electron chi connectivity index (χ3n) is 7.73. The largest absolute Gasteiger partial charge is 0.490 e. The van der Waals surface area contributed by atoms with Gasteiger partial charge in [0.25, 0.3) is 0 Å². The van der Waals surface area contributed by atoms with E-state index in [1.54, 1.807) is 0 Å². The molecule has 0 heterocycles. The lowest BCUT2D eigenvalue weighted by Gasteiger charge is -2.33. The van der Waals surface area contributed by atoms with Crippen LogP contribution in [0.5, 0.6) is 11.5 Å². The van der Waals surface area contributed by atoms with Gasteiger partial charge >= 0.3 is 11.9 Å². The molecule has 0 N–H and O–H groups in total. The van der Waals surface area contributed by atoms with Gasteiger partial charge in [0.1, 0.15) is 37.9 Å². The molecule has 0 saturated heterocycles. The summed E-state index contributed by atoms with van der Waals surface area (Å²) in [6.45, 7) is 7.60. The minimum atomic E-state index is -0.471. The molecule has 0 amide bonds. The number of hydrogen-bond donors (Lipinski definition) is 0. The standard InChI is InChI=1S/C37H34O6/c1-3-35(38)42-24-22-40-30-18-14-28(15-19-30)37(29-16-20-31(21-17-29)41-23-25-43-36(39)4-2)26-33(27-10-6-5-7-11-27)32-12-8-9-13-34(32)37/h3-21,33H,1-2,22-26H2. The monoisotopic (exact) mass is 574 g/mol. The van der Waals surface area contributed by atoms with Crippen molar-refractivity contribution in [1.82, 2.24) is 0 Å². The first-order valence-corrected chi connectivity index (χ1v) is 14.2. The van der Waals surface area contributed by atoms with Crippen molar-refractivity contribution in [3.05, 3.63) is 156 Å². The fourth-order valence-corrected chi connectivity index (χ4v) is 5.80. The van der Waals surface area contributed by atoms with Gasteiger partial charge in [0.15, 0.2) is 0 Å². The van der Waals surface area contributed by atoms with Gasteiger partial charge in [-0.3, -0.25) is 0 Å². The molecule has 4 aromatic carbocycles. The van der Waals surface area contributed by atoms with Gasteiger partial charge in [0, 0.05) is 23.5 Å². The molecule has 0 bridgehead atoms. The minimum Gasteiger partial charge on any atom is -0.490 e. The van der Waals surface area contributed by atoms with Crippen LogP contribution in [0.3, 0.4) is 0 Å². The molecule has 1 aliphatic carbocycles. The molecular formula is C37H34O6. The van der Waals surface area contributed by atoms with E-state index in [1.807, 2.05) is 30.3 Å². The normalized spacial score (nSPS) is 14.7. The van der Waals surface area contributed by atoms with Crippen molar-refractivity contribution < 1.29 is 28.5 Å². The van der Waals surface area contributed by atoms with Crippen molar-refractivity contribution in [2.45, 2.75) is 17.8 Å². The van der Waals surface area contributed by atoms with E-state index in [9.17, 15) is 9.59 Å². The van der Waals surface area contributed by atoms with Crippen LogP contribution in [0, 0.1) is 0 Å². The highest BCUT2D eigenvalue weighted by molar-refractivity contribution is 5.81. The Morgan fingerprint density at radius 3 is 1.65 bits per heavy atom. The molecule has 0 fully saturated rings. The van der Waals surface area contributed by atoms with E-state index in [4.69, 9.17) is 18.9 Å². The summed E-state index contributed by atoms with van der Waals surface area (Å²) in [5, 5.41) is 0. The molecule has 6 nitrogen and oxygen atoms in total. The summed E-state index contributed by atoms with van der Waals surface area (Å²) in [7, 11) is 0. The Bertz CT molecular complexity index is 1490. The lowest BCUT2D eigenvalue weighted by molar-refractivity contribution is -0.139. The summed E-state index contributed by atoms with van der Waals surface area (Å²) in [4.78, 5) is 22.6. The molecule has 0 saturated carbocycles. The zero-order valence-electron chi connectivity index (χ0n) is 23.9. The molecule has 1 unspecified atom stereocenters. The number of ether oxygens (including phenoxy) is 4. The van der Waals surface area contributed by atoms with Crippen LogP contribution in [0.4, 0.5) is 0 Å². The molecule has 0 aliphatic heterocycles. The number of carbonyl (C=O) groups excluding carboxylic acids is 2. The van der Waals surface area contributed by atoms with Crippen molar-refractivity contribution in [1.29, 1.82) is 0 Å². The van der Waals surface area contributed by atoms with E-state index >= 15 is 0 Å². The summed E-state index contributed by atoms with van der Waals surface area (Å²) in [5.74, 6) is 0.659. The van der Waals surface area contributed by atoms with Gasteiger partial charge < -0.3 is 18.9 Å². The molecule has 4 aromatic rings. The smallest absolute Gasteiger partial charge is 0.330 e. The summed E-state index contributed by atoms with van der Waals surface area (Å²) in [6, 6.07) is 35.6. The molecule has 1 atom stereocenters. The Labute approximate surface area is 252 Å². The van der Waals surface area contributed by atoms with Crippen LogP contribution in [-0.2, 0) is 24.5 Å². The van der Waals surface area contributed by atoms with Gasteiger partial charge in [-0.05, 0) is 58.5 Å². The van der Waals surface area contributed by atoms with E-state index in [2.05, 4.69) is 86.0 Å². The summed E-state index contributed by atoms with van der Waals surface area (Å²) in [5.41, 5.74) is 5.72. The molecule has 43 heavy (non-hydrogen) atoms. The fraction of sp³-hybridized carbons (Fsp3) is 0.189. The predicted octanol–water partition coefficient (Wildman–Crippen LogP) is 6.77. The number of esters is 2. The van der Waals surface area contributed by atoms with E-state index < -0.39 is 17.4 Å². The average molecular weight is 575 g/mol. The van der Waals surface area contributed by atoms with Crippen molar-refractivity contribution in [2.75, 3.05) is 26.4 Å². The van der Waals surface area contributed by atoms with E-state index in [1.165, 1.54) is 16.7 Å². The second kappa shape index (κ2) is 13.7. The van der Waals surface area contributed by atoms with Crippen LogP contribution in [0.15, 0.2) is 128 Å². The number of carbonyl (C=O) groups is 2. The van der Waals surface area contributed by atoms with Crippen LogP contribution in [0.1, 0.15) is 40.2 Å². The topological polar surface area (TPSA) is 71.1 Å².